The van der Waals surface area contributed by atoms with Crippen LogP contribution in [0, 0.1) is 11.8 Å². The molecule has 18 heavy (non-hydrogen) atoms. The normalized spacial score (nSPS) is 36.0. The fourth-order valence-electron chi connectivity index (χ4n) is 4.28. The molecule has 2 heteroatoms. The molecule has 0 bridgehead atoms. The highest BCUT2D eigenvalue weighted by Gasteiger charge is 2.30. The van der Waals surface area contributed by atoms with E-state index in [1.807, 2.05) is 0 Å². The summed E-state index contributed by atoms with van der Waals surface area (Å²) in [6.45, 7) is 2.71. The number of piperidine rings is 1. The molecule has 3 fully saturated rings. The molecule has 1 heterocycles. The van der Waals surface area contributed by atoms with Crippen LogP contribution in [0.15, 0.2) is 0 Å². The molecule has 2 saturated carbocycles. The van der Waals surface area contributed by atoms with E-state index >= 15 is 0 Å². The first-order chi connectivity index (χ1) is 8.92. The van der Waals surface area contributed by atoms with Crippen molar-refractivity contribution in [3.05, 3.63) is 0 Å². The van der Waals surface area contributed by atoms with Gasteiger partial charge >= 0.3 is 0 Å². The molecule has 1 nitrogen and oxygen atoms in total. The van der Waals surface area contributed by atoms with Crippen LogP contribution in [0.2, 0.25) is 0 Å². The molecule has 1 saturated heterocycles. The van der Waals surface area contributed by atoms with E-state index in [9.17, 15) is 0 Å². The van der Waals surface area contributed by atoms with Crippen molar-refractivity contribution in [2.24, 2.45) is 11.8 Å². The summed E-state index contributed by atoms with van der Waals surface area (Å²) in [5, 5.41) is 0.959. The predicted molar refractivity (Wildman–Crippen MR) is 80.7 cm³/mol. The van der Waals surface area contributed by atoms with E-state index in [0.717, 1.165) is 17.1 Å². The predicted octanol–water partition coefficient (Wildman–Crippen LogP) is 4.87. The summed E-state index contributed by atoms with van der Waals surface area (Å²) in [5.41, 5.74) is 0. The van der Waals surface area contributed by atoms with Crippen LogP contribution in [0.5, 0.6) is 0 Å². The highest BCUT2D eigenvalue weighted by Crippen LogP contribution is 2.42. The van der Waals surface area contributed by atoms with Gasteiger partial charge < -0.3 is 0 Å². The first-order valence-electron chi connectivity index (χ1n) is 8.33. The van der Waals surface area contributed by atoms with E-state index in [2.05, 4.69) is 16.3 Å². The van der Waals surface area contributed by atoms with Crippen molar-refractivity contribution < 1.29 is 0 Å². The molecule has 0 atom stereocenters. The molecule has 0 amide bonds. The lowest BCUT2D eigenvalue weighted by atomic mass is 9.79. The summed E-state index contributed by atoms with van der Waals surface area (Å²) in [5.74, 6) is 2.22. The van der Waals surface area contributed by atoms with E-state index < -0.39 is 0 Å². The SMILES string of the molecule is C1CCN(SC2CCC(C3CCCC3)CC2)CC1. The standard InChI is InChI=1S/C16H29NS/c1-4-12-17(13-5-1)18-16-10-8-15(9-11-16)14-6-2-3-7-14/h14-16H,1-13H2. The van der Waals surface area contributed by atoms with Gasteiger partial charge in [-0.3, -0.25) is 4.31 Å². The largest absolute Gasteiger partial charge is 0.250 e. The summed E-state index contributed by atoms with van der Waals surface area (Å²) in [4.78, 5) is 0. The second kappa shape index (κ2) is 6.65. The van der Waals surface area contributed by atoms with Crippen molar-refractivity contribution in [1.82, 2.24) is 4.31 Å². The Morgan fingerprint density at radius 3 is 1.89 bits per heavy atom. The highest BCUT2D eigenvalue weighted by atomic mass is 32.2. The Kier molecular flexibility index (Phi) is 4.92. The van der Waals surface area contributed by atoms with Gasteiger partial charge in [-0.25, -0.2) is 0 Å². The second-order valence-electron chi connectivity index (χ2n) is 6.68. The molecule has 0 spiro atoms. The molecular formula is C16H29NS. The van der Waals surface area contributed by atoms with E-state index in [1.165, 1.54) is 70.9 Å². The van der Waals surface area contributed by atoms with Crippen molar-refractivity contribution in [3.63, 3.8) is 0 Å². The van der Waals surface area contributed by atoms with Crippen LogP contribution in [0.4, 0.5) is 0 Å². The second-order valence-corrected chi connectivity index (χ2v) is 8.07. The van der Waals surface area contributed by atoms with Gasteiger partial charge in [-0.2, -0.15) is 0 Å². The third kappa shape index (κ3) is 3.45. The Labute approximate surface area is 117 Å². The molecule has 0 unspecified atom stereocenters. The van der Waals surface area contributed by atoms with Gasteiger partial charge in [0.1, 0.15) is 0 Å². The van der Waals surface area contributed by atoms with E-state index in [0.29, 0.717) is 0 Å². The van der Waals surface area contributed by atoms with Crippen LogP contribution in [-0.4, -0.2) is 22.6 Å². The van der Waals surface area contributed by atoms with Gasteiger partial charge in [0.15, 0.2) is 0 Å². The minimum absolute atomic E-state index is 0.959. The van der Waals surface area contributed by atoms with Crippen LogP contribution in [0.3, 0.4) is 0 Å². The lowest BCUT2D eigenvalue weighted by Gasteiger charge is -2.35. The first-order valence-corrected chi connectivity index (χ1v) is 9.17. The smallest absolute Gasteiger partial charge is 0.0195 e. The average Bonchev–Trinajstić information content (AvgIpc) is 2.95. The molecule has 0 aromatic heterocycles. The molecule has 3 rings (SSSR count). The maximum absolute atomic E-state index is 2.67. The molecule has 3 aliphatic rings. The molecule has 0 aromatic rings. The van der Waals surface area contributed by atoms with E-state index in [4.69, 9.17) is 0 Å². The van der Waals surface area contributed by atoms with Crippen molar-refractivity contribution in [2.45, 2.75) is 75.9 Å². The van der Waals surface area contributed by atoms with Crippen LogP contribution in [0.1, 0.15) is 70.6 Å². The van der Waals surface area contributed by atoms with Gasteiger partial charge in [0.05, 0.1) is 0 Å². The Bertz CT molecular complexity index is 235. The van der Waals surface area contributed by atoms with Crippen molar-refractivity contribution in [3.8, 4) is 0 Å². The fraction of sp³-hybridized carbons (Fsp3) is 1.00. The fourth-order valence-corrected chi connectivity index (χ4v) is 5.65. The minimum Gasteiger partial charge on any atom is -0.250 e. The zero-order valence-corrected chi connectivity index (χ0v) is 12.6. The number of rotatable bonds is 3. The van der Waals surface area contributed by atoms with Gasteiger partial charge in [0.2, 0.25) is 0 Å². The average molecular weight is 267 g/mol. The quantitative estimate of drug-likeness (QED) is 0.671. The van der Waals surface area contributed by atoms with Crippen LogP contribution >= 0.6 is 11.9 Å². The summed E-state index contributed by atoms with van der Waals surface area (Å²) < 4.78 is 2.67. The lowest BCUT2D eigenvalue weighted by molar-refractivity contribution is 0.253. The molecule has 0 aromatic carbocycles. The highest BCUT2D eigenvalue weighted by molar-refractivity contribution is 7.97. The van der Waals surface area contributed by atoms with Crippen molar-refractivity contribution in [1.29, 1.82) is 0 Å². The van der Waals surface area contributed by atoms with Gasteiger partial charge in [-0.15, -0.1) is 0 Å². The van der Waals surface area contributed by atoms with Crippen molar-refractivity contribution in [2.75, 3.05) is 13.1 Å². The number of nitrogens with zero attached hydrogens (tertiary/aromatic N) is 1. The Balaban J connectivity index is 1.39. The molecule has 2 aliphatic carbocycles. The Hall–Kier alpha value is 0.310. The maximum atomic E-state index is 2.67. The summed E-state index contributed by atoms with van der Waals surface area (Å²) in [6, 6.07) is 0. The molecule has 104 valence electrons. The van der Waals surface area contributed by atoms with Gasteiger partial charge in [-0.1, -0.05) is 44.1 Å². The summed E-state index contributed by atoms with van der Waals surface area (Å²) >= 11 is 2.22. The summed E-state index contributed by atoms with van der Waals surface area (Å²) in [6.07, 6.45) is 16.6. The maximum Gasteiger partial charge on any atom is 0.0195 e. The lowest BCUT2D eigenvalue weighted by Crippen LogP contribution is -2.29. The van der Waals surface area contributed by atoms with Crippen LogP contribution in [-0.2, 0) is 0 Å². The first kappa shape index (κ1) is 13.3. The van der Waals surface area contributed by atoms with E-state index in [1.54, 1.807) is 12.8 Å². The number of hydrogen-bond acceptors (Lipinski definition) is 2. The monoisotopic (exact) mass is 267 g/mol. The van der Waals surface area contributed by atoms with Gasteiger partial charge in [-0.05, 0) is 50.4 Å². The van der Waals surface area contributed by atoms with Crippen molar-refractivity contribution >= 4 is 11.9 Å². The Morgan fingerprint density at radius 1 is 0.611 bits per heavy atom. The van der Waals surface area contributed by atoms with Gasteiger partial charge in [0, 0.05) is 18.3 Å². The minimum atomic E-state index is 0.959. The van der Waals surface area contributed by atoms with E-state index in [-0.39, 0.29) is 0 Å². The third-order valence-corrected chi connectivity index (χ3v) is 6.83. The Morgan fingerprint density at radius 2 is 1.22 bits per heavy atom. The molecule has 0 N–H and O–H groups in total. The summed E-state index contributed by atoms with van der Waals surface area (Å²) in [7, 11) is 0. The zero-order valence-electron chi connectivity index (χ0n) is 11.8. The van der Waals surface area contributed by atoms with Crippen LogP contribution < -0.4 is 0 Å². The molecule has 1 aliphatic heterocycles. The third-order valence-electron chi connectivity index (χ3n) is 5.40. The number of hydrogen-bond donors (Lipinski definition) is 0. The van der Waals surface area contributed by atoms with Gasteiger partial charge in [0.25, 0.3) is 0 Å². The molecule has 0 radical (unpaired) electrons. The molecular weight excluding hydrogens is 238 g/mol. The topological polar surface area (TPSA) is 3.24 Å². The zero-order chi connectivity index (χ0) is 12.2. The van der Waals surface area contributed by atoms with Crippen LogP contribution in [0.25, 0.3) is 0 Å².